The summed E-state index contributed by atoms with van der Waals surface area (Å²) in [4.78, 5) is 13.8. The van der Waals surface area contributed by atoms with E-state index in [0.29, 0.717) is 19.1 Å². The van der Waals surface area contributed by atoms with Crippen molar-refractivity contribution in [1.82, 2.24) is 10.2 Å². The van der Waals surface area contributed by atoms with Gasteiger partial charge in [0.05, 0.1) is 6.54 Å². The quantitative estimate of drug-likeness (QED) is 0.698. The number of amides is 1. The minimum Gasteiger partial charge on any atom is -0.352 e. The highest BCUT2D eigenvalue weighted by molar-refractivity contribution is 5.78. The van der Waals surface area contributed by atoms with Crippen LogP contribution < -0.4 is 5.32 Å². The van der Waals surface area contributed by atoms with Crippen LogP contribution in [0.1, 0.15) is 32.6 Å². The number of hydrogen-bond acceptors (Lipinski definition) is 2. The minimum atomic E-state index is 0.121. The standard InChI is InChI=1S/C12H22N2O/c1-3-8-13-12(15)10-14-9-6-5-7-11(14)4-2/h3,11H,1,4-10H2,2H3,(H,13,15). The van der Waals surface area contributed by atoms with Gasteiger partial charge in [0.2, 0.25) is 5.91 Å². The van der Waals surface area contributed by atoms with Crippen LogP contribution >= 0.6 is 0 Å². The number of carbonyl (C=O) groups is 1. The zero-order chi connectivity index (χ0) is 11.1. The summed E-state index contributed by atoms with van der Waals surface area (Å²) in [5.74, 6) is 0.121. The van der Waals surface area contributed by atoms with Gasteiger partial charge in [-0.05, 0) is 25.8 Å². The van der Waals surface area contributed by atoms with Crippen molar-refractivity contribution < 1.29 is 4.79 Å². The van der Waals surface area contributed by atoms with Gasteiger partial charge in [0, 0.05) is 12.6 Å². The Labute approximate surface area is 92.5 Å². The van der Waals surface area contributed by atoms with Gasteiger partial charge < -0.3 is 5.32 Å². The molecule has 1 fully saturated rings. The molecule has 1 atom stereocenters. The molecule has 1 unspecified atom stereocenters. The molecule has 3 heteroatoms. The molecule has 1 saturated heterocycles. The van der Waals surface area contributed by atoms with E-state index in [0.717, 1.165) is 13.0 Å². The lowest BCUT2D eigenvalue weighted by Crippen LogP contribution is -2.45. The molecule has 0 bridgehead atoms. The lowest BCUT2D eigenvalue weighted by Gasteiger charge is -2.34. The van der Waals surface area contributed by atoms with E-state index in [9.17, 15) is 4.79 Å². The third-order valence-electron chi connectivity index (χ3n) is 3.01. The maximum atomic E-state index is 11.5. The Morgan fingerprint density at radius 1 is 1.60 bits per heavy atom. The first-order valence-corrected chi connectivity index (χ1v) is 5.89. The Morgan fingerprint density at radius 2 is 2.40 bits per heavy atom. The van der Waals surface area contributed by atoms with E-state index in [2.05, 4.69) is 23.7 Å². The Bertz CT molecular complexity index is 216. The number of piperidine rings is 1. The van der Waals surface area contributed by atoms with Crippen LogP contribution in [0, 0.1) is 0 Å². The number of nitrogens with one attached hydrogen (secondary N) is 1. The molecule has 1 N–H and O–H groups in total. The smallest absolute Gasteiger partial charge is 0.234 e. The lowest BCUT2D eigenvalue weighted by atomic mass is 10.0. The highest BCUT2D eigenvalue weighted by atomic mass is 16.2. The fourth-order valence-electron chi connectivity index (χ4n) is 2.16. The van der Waals surface area contributed by atoms with E-state index in [1.165, 1.54) is 19.3 Å². The molecular formula is C12H22N2O. The summed E-state index contributed by atoms with van der Waals surface area (Å²) < 4.78 is 0. The molecule has 0 aromatic rings. The first-order valence-electron chi connectivity index (χ1n) is 5.89. The van der Waals surface area contributed by atoms with Crippen LogP contribution in [-0.2, 0) is 4.79 Å². The molecule has 0 aromatic heterocycles. The van der Waals surface area contributed by atoms with Crippen LogP contribution in [0.5, 0.6) is 0 Å². The molecule has 0 aromatic carbocycles. The predicted molar refractivity (Wildman–Crippen MR) is 62.7 cm³/mol. The monoisotopic (exact) mass is 210 g/mol. The van der Waals surface area contributed by atoms with Gasteiger partial charge >= 0.3 is 0 Å². The Hall–Kier alpha value is -0.830. The van der Waals surface area contributed by atoms with Gasteiger partial charge in [-0.15, -0.1) is 6.58 Å². The van der Waals surface area contributed by atoms with Crippen molar-refractivity contribution in [2.24, 2.45) is 0 Å². The van der Waals surface area contributed by atoms with Crippen LogP contribution in [0.2, 0.25) is 0 Å². The van der Waals surface area contributed by atoms with E-state index < -0.39 is 0 Å². The lowest BCUT2D eigenvalue weighted by molar-refractivity contribution is -0.122. The van der Waals surface area contributed by atoms with Gasteiger partial charge in [0.25, 0.3) is 0 Å². The van der Waals surface area contributed by atoms with Gasteiger partial charge in [-0.1, -0.05) is 19.4 Å². The van der Waals surface area contributed by atoms with Crippen LogP contribution in [0.25, 0.3) is 0 Å². The second-order valence-electron chi connectivity index (χ2n) is 4.12. The normalized spacial score (nSPS) is 22.3. The average Bonchev–Trinajstić information content (AvgIpc) is 2.27. The van der Waals surface area contributed by atoms with E-state index in [4.69, 9.17) is 0 Å². The second-order valence-corrected chi connectivity index (χ2v) is 4.12. The summed E-state index contributed by atoms with van der Waals surface area (Å²) in [7, 11) is 0. The van der Waals surface area contributed by atoms with Gasteiger partial charge in [-0.3, -0.25) is 9.69 Å². The summed E-state index contributed by atoms with van der Waals surface area (Å²) >= 11 is 0. The fraction of sp³-hybridized carbons (Fsp3) is 0.750. The summed E-state index contributed by atoms with van der Waals surface area (Å²) in [6.45, 7) is 7.97. The fourth-order valence-corrected chi connectivity index (χ4v) is 2.16. The SMILES string of the molecule is C=CCNC(=O)CN1CCCCC1CC. The van der Waals surface area contributed by atoms with E-state index >= 15 is 0 Å². The molecule has 0 spiro atoms. The molecule has 3 nitrogen and oxygen atoms in total. The molecule has 0 aliphatic carbocycles. The van der Waals surface area contributed by atoms with Crippen molar-refractivity contribution in [3.05, 3.63) is 12.7 Å². The number of hydrogen-bond donors (Lipinski definition) is 1. The van der Waals surface area contributed by atoms with Gasteiger partial charge in [-0.25, -0.2) is 0 Å². The van der Waals surface area contributed by atoms with Gasteiger partial charge in [-0.2, -0.15) is 0 Å². The molecule has 0 radical (unpaired) electrons. The van der Waals surface area contributed by atoms with E-state index in [1.54, 1.807) is 6.08 Å². The minimum absolute atomic E-state index is 0.121. The zero-order valence-electron chi connectivity index (χ0n) is 9.67. The van der Waals surface area contributed by atoms with E-state index in [-0.39, 0.29) is 5.91 Å². The Balaban J connectivity index is 2.33. The molecule has 1 aliphatic rings. The largest absolute Gasteiger partial charge is 0.352 e. The molecule has 1 amide bonds. The number of nitrogens with zero attached hydrogens (tertiary/aromatic N) is 1. The van der Waals surface area contributed by atoms with Crippen LogP contribution in [0.3, 0.4) is 0 Å². The molecule has 15 heavy (non-hydrogen) atoms. The van der Waals surface area contributed by atoms with Crippen LogP contribution in [0.15, 0.2) is 12.7 Å². The summed E-state index contributed by atoms with van der Waals surface area (Å²) in [5.41, 5.74) is 0. The third-order valence-corrected chi connectivity index (χ3v) is 3.01. The topological polar surface area (TPSA) is 32.3 Å². The molecule has 86 valence electrons. The van der Waals surface area contributed by atoms with Crippen LogP contribution in [0.4, 0.5) is 0 Å². The maximum absolute atomic E-state index is 11.5. The highest BCUT2D eigenvalue weighted by Gasteiger charge is 2.22. The first kappa shape index (κ1) is 12.2. The van der Waals surface area contributed by atoms with Crippen molar-refractivity contribution >= 4 is 5.91 Å². The zero-order valence-corrected chi connectivity index (χ0v) is 9.67. The first-order chi connectivity index (χ1) is 7.27. The number of likely N-dealkylation sites (tertiary alicyclic amines) is 1. The predicted octanol–water partition coefficient (Wildman–Crippen LogP) is 1.55. The molecule has 1 heterocycles. The Morgan fingerprint density at radius 3 is 3.07 bits per heavy atom. The molecule has 1 aliphatic heterocycles. The van der Waals surface area contributed by atoms with Crippen molar-refractivity contribution in [2.45, 2.75) is 38.6 Å². The van der Waals surface area contributed by atoms with Crippen molar-refractivity contribution in [1.29, 1.82) is 0 Å². The summed E-state index contributed by atoms with van der Waals surface area (Å²) in [6, 6.07) is 0.605. The Kier molecular flexibility index (Phi) is 5.40. The maximum Gasteiger partial charge on any atom is 0.234 e. The molecule has 0 saturated carbocycles. The van der Waals surface area contributed by atoms with Gasteiger partial charge in [0.15, 0.2) is 0 Å². The van der Waals surface area contributed by atoms with E-state index in [1.807, 2.05) is 0 Å². The third kappa shape index (κ3) is 4.04. The summed E-state index contributed by atoms with van der Waals surface area (Å²) in [6.07, 6.45) is 6.64. The average molecular weight is 210 g/mol. The van der Waals surface area contributed by atoms with Crippen molar-refractivity contribution in [2.75, 3.05) is 19.6 Å². The summed E-state index contributed by atoms with van der Waals surface area (Å²) in [5, 5.41) is 2.83. The number of rotatable bonds is 5. The number of carbonyl (C=O) groups excluding carboxylic acids is 1. The highest BCUT2D eigenvalue weighted by Crippen LogP contribution is 2.18. The molecular weight excluding hydrogens is 188 g/mol. The van der Waals surface area contributed by atoms with Crippen molar-refractivity contribution in [3.8, 4) is 0 Å². The molecule has 1 rings (SSSR count). The van der Waals surface area contributed by atoms with Crippen molar-refractivity contribution in [3.63, 3.8) is 0 Å². The van der Waals surface area contributed by atoms with Gasteiger partial charge in [0.1, 0.15) is 0 Å². The van der Waals surface area contributed by atoms with Crippen LogP contribution in [-0.4, -0.2) is 36.5 Å². The second kappa shape index (κ2) is 6.62.